The van der Waals surface area contributed by atoms with Crippen molar-refractivity contribution in [2.75, 3.05) is 5.75 Å². The molecule has 1 heterocycles. The SMILES string of the molecule is Cc1ccc(F)c(C(=O)N2C(C(=O)O)CSC2C2CC2)c1. The lowest BCUT2D eigenvalue weighted by atomic mass is 10.1. The Kier molecular flexibility index (Phi) is 3.65. The highest BCUT2D eigenvalue weighted by Gasteiger charge is 2.48. The van der Waals surface area contributed by atoms with Crippen molar-refractivity contribution in [1.82, 2.24) is 4.90 Å². The van der Waals surface area contributed by atoms with Gasteiger partial charge >= 0.3 is 5.97 Å². The molecule has 2 unspecified atom stereocenters. The summed E-state index contributed by atoms with van der Waals surface area (Å²) in [5.41, 5.74) is 0.746. The van der Waals surface area contributed by atoms with E-state index in [1.807, 2.05) is 0 Å². The van der Waals surface area contributed by atoms with E-state index in [0.29, 0.717) is 11.7 Å². The van der Waals surface area contributed by atoms with Crippen molar-refractivity contribution in [2.45, 2.75) is 31.2 Å². The molecule has 6 heteroatoms. The highest BCUT2D eigenvalue weighted by Crippen LogP contribution is 2.46. The van der Waals surface area contributed by atoms with Crippen LogP contribution in [0, 0.1) is 18.7 Å². The summed E-state index contributed by atoms with van der Waals surface area (Å²) in [6, 6.07) is 3.47. The third kappa shape index (κ3) is 2.64. The molecule has 0 aromatic heterocycles. The second-order valence-electron chi connectivity index (χ2n) is 5.61. The standard InChI is InChI=1S/C15H16FNO3S/c1-8-2-5-11(16)10(6-8)13(18)17-12(15(19)20)7-21-14(17)9-3-4-9/h2,5-6,9,12,14H,3-4,7H2,1H3,(H,19,20). The third-order valence-electron chi connectivity index (χ3n) is 3.93. The number of hydrogen-bond acceptors (Lipinski definition) is 3. The van der Waals surface area contributed by atoms with Crippen molar-refractivity contribution in [2.24, 2.45) is 5.92 Å². The average Bonchev–Trinajstić information content (AvgIpc) is 3.19. The molecule has 1 aliphatic carbocycles. The molecule has 3 rings (SSSR count). The second kappa shape index (κ2) is 5.33. The fourth-order valence-electron chi connectivity index (χ4n) is 2.66. The van der Waals surface area contributed by atoms with Gasteiger partial charge in [-0.05, 0) is 37.8 Å². The molecule has 1 amide bonds. The molecular weight excluding hydrogens is 293 g/mol. The van der Waals surface area contributed by atoms with Crippen LogP contribution in [0.2, 0.25) is 0 Å². The maximum atomic E-state index is 13.9. The van der Waals surface area contributed by atoms with Crippen LogP contribution >= 0.6 is 11.8 Å². The number of rotatable bonds is 3. The van der Waals surface area contributed by atoms with Crippen LogP contribution in [0.1, 0.15) is 28.8 Å². The Labute approximate surface area is 126 Å². The number of carbonyl (C=O) groups excluding carboxylic acids is 1. The molecule has 1 saturated carbocycles. The lowest BCUT2D eigenvalue weighted by molar-refractivity contribution is -0.141. The van der Waals surface area contributed by atoms with E-state index in [1.54, 1.807) is 13.0 Å². The Hall–Kier alpha value is -1.56. The van der Waals surface area contributed by atoms with E-state index < -0.39 is 23.7 Å². The molecule has 2 atom stereocenters. The van der Waals surface area contributed by atoms with E-state index in [1.165, 1.54) is 28.8 Å². The zero-order valence-corrected chi connectivity index (χ0v) is 12.4. The fourth-order valence-corrected chi connectivity index (χ4v) is 4.29. The summed E-state index contributed by atoms with van der Waals surface area (Å²) in [6.07, 6.45) is 2.01. The Balaban J connectivity index is 1.95. The number of thioether (sulfide) groups is 1. The molecule has 1 aliphatic heterocycles. The quantitative estimate of drug-likeness (QED) is 0.932. The first kappa shape index (κ1) is 14.4. The highest BCUT2D eigenvalue weighted by atomic mass is 32.2. The molecule has 4 nitrogen and oxygen atoms in total. The maximum Gasteiger partial charge on any atom is 0.327 e. The summed E-state index contributed by atoms with van der Waals surface area (Å²) >= 11 is 1.49. The Morgan fingerprint density at radius 2 is 2.10 bits per heavy atom. The zero-order valence-electron chi connectivity index (χ0n) is 11.6. The molecule has 21 heavy (non-hydrogen) atoms. The van der Waals surface area contributed by atoms with Gasteiger partial charge in [0.25, 0.3) is 5.91 Å². The van der Waals surface area contributed by atoms with Crippen molar-refractivity contribution in [3.05, 3.63) is 35.1 Å². The van der Waals surface area contributed by atoms with Gasteiger partial charge < -0.3 is 10.0 Å². The van der Waals surface area contributed by atoms with Crippen LogP contribution in [0.5, 0.6) is 0 Å². The minimum atomic E-state index is -1.02. The van der Waals surface area contributed by atoms with Crippen LogP contribution in [-0.4, -0.2) is 39.1 Å². The number of amides is 1. The molecule has 0 spiro atoms. The van der Waals surface area contributed by atoms with E-state index in [4.69, 9.17) is 0 Å². The Morgan fingerprint density at radius 1 is 1.38 bits per heavy atom. The molecule has 1 aromatic carbocycles. The minimum absolute atomic E-state index is 0.0330. The van der Waals surface area contributed by atoms with Crippen molar-refractivity contribution in [3.8, 4) is 0 Å². The van der Waals surface area contributed by atoms with Crippen molar-refractivity contribution < 1.29 is 19.1 Å². The molecule has 1 aromatic rings. The molecule has 2 fully saturated rings. The lowest BCUT2D eigenvalue weighted by Crippen LogP contribution is -2.46. The number of aliphatic carboxylic acids is 1. The van der Waals surface area contributed by atoms with Crippen LogP contribution in [0.25, 0.3) is 0 Å². The van der Waals surface area contributed by atoms with Crippen molar-refractivity contribution in [1.29, 1.82) is 0 Å². The summed E-state index contributed by atoms with van der Waals surface area (Å²) in [7, 11) is 0. The van der Waals surface area contributed by atoms with Crippen LogP contribution < -0.4 is 0 Å². The van der Waals surface area contributed by atoms with Crippen LogP contribution in [0.3, 0.4) is 0 Å². The summed E-state index contributed by atoms with van der Waals surface area (Å²) in [5.74, 6) is -1.41. The van der Waals surface area contributed by atoms with Gasteiger partial charge in [0, 0.05) is 5.75 Å². The van der Waals surface area contributed by atoms with Crippen LogP contribution in [0.4, 0.5) is 4.39 Å². The number of halogens is 1. The third-order valence-corrected chi connectivity index (χ3v) is 5.39. The molecule has 2 aliphatic rings. The largest absolute Gasteiger partial charge is 0.480 e. The van der Waals surface area contributed by atoms with Gasteiger partial charge in [-0.1, -0.05) is 11.6 Å². The molecular formula is C15H16FNO3S. The number of hydrogen-bond donors (Lipinski definition) is 1. The average molecular weight is 309 g/mol. The van der Waals surface area contributed by atoms with Crippen molar-refractivity contribution in [3.63, 3.8) is 0 Å². The topological polar surface area (TPSA) is 57.6 Å². The van der Waals surface area contributed by atoms with E-state index >= 15 is 0 Å². The van der Waals surface area contributed by atoms with Gasteiger partial charge in [0.05, 0.1) is 10.9 Å². The number of nitrogens with zero attached hydrogens (tertiary/aromatic N) is 1. The van der Waals surface area contributed by atoms with Gasteiger partial charge in [-0.2, -0.15) is 0 Å². The predicted molar refractivity (Wildman–Crippen MR) is 77.7 cm³/mol. The first-order valence-electron chi connectivity index (χ1n) is 6.92. The van der Waals surface area contributed by atoms with Crippen LogP contribution in [-0.2, 0) is 4.79 Å². The summed E-state index contributed by atoms with van der Waals surface area (Å²) in [5, 5.41) is 9.18. The number of carbonyl (C=O) groups is 2. The highest BCUT2D eigenvalue weighted by molar-refractivity contribution is 8.00. The Bertz CT molecular complexity index is 603. The first-order valence-corrected chi connectivity index (χ1v) is 7.97. The maximum absolute atomic E-state index is 13.9. The number of aryl methyl sites for hydroxylation is 1. The fraction of sp³-hybridized carbons (Fsp3) is 0.467. The summed E-state index contributed by atoms with van der Waals surface area (Å²) in [6.45, 7) is 1.78. The molecule has 0 bridgehead atoms. The van der Waals surface area contributed by atoms with Gasteiger partial charge in [0.15, 0.2) is 0 Å². The van der Waals surface area contributed by atoms with Gasteiger partial charge in [0.1, 0.15) is 11.9 Å². The lowest BCUT2D eigenvalue weighted by Gasteiger charge is -2.27. The van der Waals surface area contributed by atoms with E-state index in [-0.39, 0.29) is 10.9 Å². The minimum Gasteiger partial charge on any atom is -0.480 e. The predicted octanol–water partition coefficient (Wildman–Crippen LogP) is 2.51. The number of benzene rings is 1. The molecule has 1 N–H and O–H groups in total. The molecule has 0 radical (unpaired) electrons. The van der Waals surface area contributed by atoms with E-state index in [9.17, 15) is 19.1 Å². The zero-order chi connectivity index (χ0) is 15.1. The van der Waals surface area contributed by atoms with Gasteiger partial charge in [-0.3, -0.25) is 4.79 Å². The summed E-state index contributed by atoms with van der Waals surface area (Å²) < 4.78 is 13.9. The second-order valence-corrected chi connectivity index (χ2v) is 6.76. The van der Waals surface area contributed by atoms with Crippen molar-refractivity contribution >= 4 is 23.6 Å². The number of carboxylic acids is 1. The molecule has 112 valence electrons. The van der Waals surface area contributed by atoms with Crippen LogP contribution in [0.15, 0.2) is 18.2 Å². The van der Waals surface area contributed by atoms with Gasteiger partial charge in [-0.25, -0.2) is 9.18 Å². The smallest absolute Gasteiger partial charge is 0.327 e. The number of carboxylic acid groups (broad SMARTS) is 1. The normalized spacial score (nSPS) is 25.1. The molecule has 1 saturated heterocycles. The van der Waals surface area contributed by atoms with Gasteiger partial charge in [-0.15, -0.1) is 11.8 Å². The van der Waals surface area contributed by atoms with E-state index in [2.05, 4.69) is 0 Å². The Morgan fingerprint density at radius 3 is 2.71 bits per heavy atom. The first-order chi connectivity index (χ1) is 9.99. The van der Waals surface area contributed by atoms with E-state index in [0.717, 1.165) is 18.4 Å². The van der Waals surface area contributed by atoms with Gasteiger partial charge in [0.2, 0.25) is 0 Å². The monoisotopic (exact) mass is 309 g/mol. The summed E-state index contributed by atoms with van der Waals surface area (Å²) in [4.78, 5) is 25.5.